The van der Waals surface area contributed by atoms with Crippen LogP contribution in [0.25, 0.3) is 0 Å². The molecule has 3 heteroatoms. The third-order valence-electron chi connectivity index (χ3n) is 2.49. The summed E-state index contributed by atoms with van der Waals surface area (Å²) in [7, 11) is 0. The van der Waals surface area contributed by atoms with Crippen molar-refractivity contribution >= 4 is 5.97 Å². The molecule has 3 aliphatic heterocycles. The maximum absolute atomic E-state index is 10.6. The van der Waals surface area contributed by atoms with E-state index in [0.717, 1.165) is 25.9 Å². The number of piperidine rings is 1. The highest BCUT2D eigenvalue weighted by molar-refractivity contribution is 5.86. The minimum atomic E-state index is -0.769. The number of fused-ring (bicyclic) bond motifs is 2. The van der Waals surface area contributed by atoms with Crippen LogP contribution in [-0.2, 0) is 4.79 Å². The fourth-order valence-corrected chi connectivity index (χ4v) is 1.84. The highest BCUT2D eigenvalue weighted by Gasteiger charge is 2.29. The van der Waals surface area contributed by atoms with Gasteiger partial charge in [0.1, 0.15) is 5.70 Å². The molecule has 0 unspecified atom stereocenters. The summed E-state index contributed by atoms with van der Waals surface area (Å²) in [4.78, 5) is 12.6. The minimum absolute atomic E-state index is 0.521. The molecule has 1 saturated heterocycles. The average Bonchev–Trinajstić information content (AvgIpc) is 2.06. The minimum Gasteiger partial charge on any atom is -0.477 e. The first-order chi connectivity index (χ1) is 5.27. The van der Waals surface area contributed by atoms with Crippen molar-refractivity contribution in [3.63, 3.8) is 0 Å². The summed E-state index contributed by atoms with van der Waals surface area (Å²) in [5.74, 6) is -0.236. The molecule has 0 aromatic rings. The predicted molar refractivity (Wildman–Crippen MR) is 40.0 cm³/mol. The van der Waals surface area contributed by atoms with Gasteiger partial charge in [0, 0.05) is 13.1 Å². The Morgan fingerprint density at radius 1 is 1.55 bits per heavy atom. The van der Waals surface area contributed by atoms with Gasteiger partial charge in [-0.2, -0.15) is 0 Å². The summed E-state index contributed by atoms with van der Waals surface area (Å²) in [6, 6.07) is 0. The Morgan fingerprint density at radius 2 is 2.18 bits per heavy atom. The number of nitrogens with zero attached hydrogens (tertiary/aromatic N) is 1. The van der Waals surface area contributed by atoms with Crippen LogP contribution >= 0.6 is 0 Å². The van der Waals surface area contributed by atoms with Gasteiger partial charge in [-0.05, 0) is 18.8 Å². The molecule has 0 amide bonds. The summed E-state index contributed by atoms with van der Waals surface area (Å²) in [6.07, 6.45) is 4.17. The molecular weight excluding hydrogens is 142 g/mol. The highest BCUT2D eigenvalue weighted by Crippen LogP contribution is 2.28. The Morgan fingerprint density at radius 3 is 2.45 bits per heavy atom. The maximum atomic E-state index is 10.6. The Kier molecular flexibility index (Phi) is 1.37. The van der Waals surface area contributed by atoms with Crippen molar-refractivity contribution in [3.8, 4) is 0 Å². The van der Waals surface area contributed by atoms with Crippen molar-refractivity contribution < 1.29 is 9.90 Å². The molecule has 11 heavy (non-hydrogen) atoms. The van der Waals surface area contributed by atoms with Gasteiger partial charge in [0.15, 0.2) is 0 Å². The Balaban J connectivity index is 2.27. The number of carbonyl (C=O) groups is 1. The van der Waals surface area contributed by atoms with Crippen LogP contribution < -0.4 is 0 Å². The molecule has 0 aromatic heterocycles. The summed E-state index contributed by atoms with van der Waals surface area (Å²) in [6.45, 7) is 1.87. The van der Waals surface area contributed by atoms with Crippen LogP contribution in [0.2, 0.25) is 0 Å². The maximum Gasteiger partial charge on any atom is 0.351 e. The zero-order chi connectivity index (χ0) is 7.84. The van der Waals surface area contributed by atoms with E-state index in [-0.39, 0.29) is 0 Å². The monoisotopic (exact) mass is 153 g/mol. The van der Waals surface area contributed by atoms with Crippen molar-refractivity contribution in [1.29, 1.82) is 0 Å². The molecule has 1 N–H and O–H groups in total. The normalized spacial score (nSPS) is 23.6. The molecule has 0 saturated carbocycles. The van der Waals surface area contributed by atoms with Crippen LogP contribution in [0.1, 0.15) is 12.8 Å². The quantitative estimate of drug-likeness (QED) is 0.602. The van der Waals surface area contributed by atoms with E-state index in [1.165, 1.54) is 0 Å². The molecule has 3 nitrogen and oxygen atoms in total. The second kappa shape index (κ2) is 2.26. The lowest BCUT2D eigenvalue weighted by Crippen LogP contribution is -2.40. The van der Waals surface area contributed by atoms with E-state index in [0.29, 0.717) is 11.6 Å². The Bertz CT molecular complexity index is 214. The third-order valence-corrected chi connectivity index (χ3v) is 2.49. The molecule has 0 atom stereocenters. The van der Waals surface area contributed by atoms with Crippen LogP contribution in [-0.4, -0.2) is 29.1 Å². The predicted octanol–water partition coefficient (Wildman–Crippen LogP) is 0.681. The number of carboxylic acids is 1. The smallest absolute Gasteiger partial charge is 0.351 e. The summed E-state index contributed by atoms with van der Waals surface area (Å²) in [5, 5.41) is 8.75. The molecule has 3 heterocycles. The number of hydrogen-bond acceptors (Lipinski definition) is 2. The fraction of sp³-hybridized carbons (Fsp3) is 0.625. The van der Waals surface area contributed by atoms with Crippen molar-refractivity contribution in [2.45, 2.75) is 12.8 Å². The first-order valence-corrected chi connectivity index (χ1v) is 3.97. The van der Waals surface area contributed by atoms with Crippen molar-refractivity contribution in [2.24, 2.45) is 5.92 Å². The van der Waals surface area contributed by atoms with Gasteiger partial charge in [0.25, 0.3) is 0 Å². The molecular formula is C8H11NO2. The zero-order valence-electron chi connectivity index (χ0n) is 6.29. The first-order valence-electron chi connectivity index (χ1n) is 3.97. The molecule has 0 spiro atoms. The van der Waals surface area contributed by atoms with E-state index in [1.54, 1.807) is 0 Å². The first kappa shape index (κ1) is 6.70. The van der Waals surface area contributed by atoms with Crippen LogP contribution in [0.15, 0.2) is 11.8 Å². The summed E-state index contributed by atoms with van der Waals surface area (Å²) in [5.41, 5.74) is 0.521. The lowest BCUT2D eigenvalue weighted by molar-refractivity contribution is -0.135. The van der Waals surface area contributed by atoms with Crippen molar-refractivity contribution in [3.05, 3.63) is 11.8 Å². The summed E-state index contributed by atoms with van der Waals surface area (Å²) >= 11 is 0. The van der Waals surface area contributed by atoms with E-state index in [4.69, 9.17) is 5.11 Å². The lowest BCUT2D eigenvalue weighted by Gasteiger charge is -2.38. The topological polar surface area (TPSA) is 40.5 Å². The van der Waals surface area contributed by atoms with Crippen LogP contribution in [0.5, 0.6) is 0 Å². The van der Waals surface area contributed by atoms with E-state index >= 15 is 0 Å². The molecule has 0 aliphatic carbocycles. The van der Waals surface area contributed by atoms with Gasteiger partial charge in [-0.15, -0.1) is 0 Å². The molecule has 3 rings (SSSR count). The van der Waals surface area contributed by atoms with E-state index in [1.807, 2.05) is 11.0 Å². The van der Waals surface area contributed by atoms with Gasteiger partial charge in [0.05, 0.1) is 0 Å². The summed E-state index contributed by atoms with van der Waals surface area (Å²) < 4.78 is 0. The number of hydrogen-bond donors (Lipinski definition) is 1. The number of carboxylic acid groups (broad SMARTS) is 1. The Hall–Kier alpha value is -0.990. The van der Waals surface area contributed by atoms with Crippen molar-refractivity contribution in [2.75, 3.05) is 13.1 Å². The molecule has 60 valence electrons. The average molecular weight is 153 g/mol. The van der Waals surface area contributed by atoms with Crippen LogP contribution in [0, 0.1) is 5.92 Å². The molecule has 3 aliphatic rings. The Labute approximate surface area is 65.3 Å². The second-order valence-electron chi connectivity index (χ2n) is 3.18. The largest absolute Gasteiger partial charge is 0.477 e. The SMILES string of the molecule is O=C(O)C1=CC2CCN1CC2. The number of allylic oxidation sites excluding steroid dienone is 1. The molecule has 2 bridgehead atoms. The standard InChI is InChI=1S/C8H11NO2/c10-8(11)7-5-6-1-3-9(7)4-2-6/h5-6H,1-4H2,(H,10,11). The zero-order valence-corrected chi connectivity index (χ0v) is 6.29. The molecule has 1 fully saturated rings. The number of rotatable bonds is 1. The van der Waals surface area contributed by atoms with Gasteiger partial charge >= 0.3 is 5.97 Å². The van der Waals surface area contributed by atoms with Gasteiger partial charge in [-0.1, -0.05) is 6.08 Å². The molecule has 0 radical (unpaired) electrons. The van der Waals surface area contributed by atoms with Gasteiger partial charge < -0.3 is 10.0 Å². The van der Waals surface area contributed by atoms with E-state index in [9.17, 15) is 4.79 Å². The van der Waals surface area contributed by atoms with Gasteiger partial charge in [-0.25, -0.2) is 4.79 Å². The van der Waals surface area contributed by atoms with E-state index in [2.05, 4.69) is 0 Å². The highest BCUT2D eigenvalue weighted by atomic mass is 16.4. The van der Waals surface area contributed by atoms with E-state index < -0.39 is 5.97 Å². The molecule has 0 aromatic carbocycles. The van der Waals surface area contributed by atoms with Gasteiger partial charge in [0.2, 0.25) is 0 Å². The van der Waals surface area contributed by atoms with Crippen molar-refractivity contribution in [1.82, 2.24) is 4.90 Å². The second-order valence-corrected chi connectivity index (χ2v) is 3.18. The van der Waals surface area contributed by atoms with Gasteiger partial charge in [-0.3, -0.25) is 0 Å². The third kappa shape index (κ3) is 1.00. The van der Waals surface area contributed by atoms with Crippen LogP contribution in [0.4, 0.5) is 0 Å². The lowest BCUT2D eigenvalue weighted by atomic mass is 9.90. The van der Waals surface area contributed by atoms with Crippen LogP contribution in [0.3, 0.4) is 0 Å². The number of aliphatic carboxylic acids is 1. The fourth-order valence-electron chi connectivity index (χ4n) is 1.84.